The van der Waals surface area contributed by atoms with E-state index in [-0.39, 0.29) is 12.0 Å². The number of aliphatic hydroxyl groups excluding tert-OH is 1. The monoisotopic (exact) mass is 250 g/mol. The van der Waals surface area contributed by atoms with Crippen LogP contribution in [0.15, 0.2) is 6.33 Å². The number of aromatic amines is 1. The number of rotatable bonds is 5. The summed E-state index contributed by atoms with van der Waals surface area (Å²) in [5.74, 6) is 1.20. The van der Waals surface area contributed by atoms with Gasteiger partial charge in [-0.1, -0.05) is 13.8 Å². The van der Waals surface area contributed by atoms with Crippen molar-refractivity contribution in [3.8, 4) is 0 Å². The Hall–Kier alpha value is -1.89. The number of hydrogen-bond acceptors (Lipinski definition) is 6. The lowest BCUT2D eigenvalue weighted by Crippen LogP contribution is -2.27. The average Bonchev–Trinajstić information content (AvgIpc) is 2.84. The fourth-order valence-electron chi connectivity index (χ4n) is 1.45. The SMILES string of the molecule is CNc1nc(NCC(C)(C)CO)c2[nH]cnc2n1. The Morgan fingerprint density at radius 3 is 2.83 bits per heavy atom. The molecular weight excluding hydrogens is 232 g/mol. The van der Waals surface area contributed by atoms with Crippen LogP contribution >= 0.6 is 0 Å². The molecule has 2 heterocycles. The molecule has 0 spiro atoms. The number of anilines is 2. The molecule has 0 aliphatic heterocycles. The first kappa shape index (κ1) is 12.6. The van der Waals surface area contributed by atoms with Crippen LogP contribution < -0.4 is 10.6 Å². The Kier molecular flexibility index (Phi) is 3.33. The minimum atomic E-state index is -0.211. The molecule has 0 saturated heterocycles. The quantitative estimate of drug-likeness (QED) is 0.627. The molecule has 7 heteroatoms. The summed E-state index contributed by atoms with van der Waals surface area (Å²) in [6.45, 7) is 4.67. The highest BCUT2D eigenvalue weighted by Gasteiger charge is 2.18. The maximum absolute atomic E-state index is 9.24. The van der Waals surface area contributed by atoms with Gasteiger partial charge in [-0.3, -0.25) is 0 Å². The van der Waals surface area contributed by atoms with Crippen LogP contribution in [0.2, 0.25) is 0 Å². The van der Waals surface area contributed by atoms with Crippen LogP contribution in [0.4, 0.5) is 11.8 Å². The van der Waals surface area contributed by atoms with E-state index in [1.165, 1.54) is 0 Å². The standard InChI is InChI=1S/C11H18N6O/c1-11(2,5-18)4-13-8-7-9(15-6-14-7)17-10(12-3)16-8/h6,18H,4-5H2,1-3H3,(H3,12,13,14,15,16,17). The first-order valence-corrected chi connectivity index (χ1v) is 5.79. The molecule has 2 rings (SSSR count). The van der Waals surface area contributed by atoms with Crippen molar-refractivity contribution in [1.82, 2.24) is 19.9 Å². The zero-order valence-corrected chi connectivity index (χ0v) is 10.8. The molecule has 2 aromatic heterocycles. The third-order valence-corrected chi connectivity index (χ3v) is 2.67. The van der Waals surface area contributed by atoms with Gasteiger partial charge in [-0.2, -0.15) is 9.97 Å². The van der Waals surface area contributed by atoms with Crippen molar-refractivity contribution in [1.29, 1.82) is 0 Å². The highest BCUT2D eigenvalue weighted by atomic mass is 16.3. The minimum absolute atomic E-state index is 0.107. The fourth-order valence-corrected chi connectivity index (χ4v) is 1.45. The highest BCUT2D eigenvalue weighted by Crippen LogP contribution is 2.21. The molecule has 0 unspecified atom stereocenters. The lowest BCUT2D eigenvalue weighted by Gasteiger charge is -2.22. The maximum atomic E-state index is 9.24. The van der Waals surface area contributed by atoms with E-state index in [9.17, 15) is 5.11 Å². The van der Waals surface area contributed by atoms with Crippen LogP contribution in [0.1, 0.15) is 13.8 Å². The zero-order chi connectivity index (χ0) is 13.2. The number of aromatic nitrogens is 4. The molecule has 7 nitrogen and oxygen atoms in total. The Morgan fingerprint density at radius 2 is 2.17 bits per heavy atom. The first-order chi connectivity index (χ1) is 8.55. The third kappa shape index (κ3) is 2.51. The number of aliphatic hydroxyl groups is 1. The summed E-state index contributed by atoms with van der Waals surface area (Å²) >= 11 is 0. The van der Waals surface area contributed by atoms with Gasteiger partial charge in [-0.05, 0) is 0 Å². The van der Waals surface area contributed by atoms with Crippen LogP contribution in [0.25, 0.3) is 11.2 Å². The van der Waals surface area contributed by atoms with Crippen molar-refractivity contribution in [2.24, 2.45) is 5.41 Å². The number of H-pyrrole nitrogens is 1. The van der Waals surface area contributed by atoms with Gasteiger partial charge in [0.25, 0.3) is 0 Å². The van der Waals surface area contributed by atoms with Crippen molar-refractivity contribution in [3.05, 3.63) is 6.33 Å². The van der Waals surface area contributed by atoms with E-state index in [0.29, 0.717) is 24.0 Å². The number of hydrogen-bond donors (Lipinski definition) is 4. The molecule has 4 N–H and O–H groups in total. The predicted molar refractivity (Wildman–Crippen MR) is 70.6 cm³/mol. The van der Waals surface area contributed by atoms with Crippen LogP contribution in [-0.2, 0) is 0 Å². The van der Waals surface area contributed by atoms with Crippen LogP contribution in [0.5, 0.6) is 0 Å². The van der Waals surface area contributed by atoms with E-state index in [0.717, 1.165) is 5.52 Å². The molecule has 0 atom stereocenters. The molecule has 0 aromatic carbocycles. The number of nitrogens with zero attached hydrogens (tertiary/aromatic N) is 3. The lowest BCUT2D eigenvalue weighted by atomic mass is 9.95. The number of imidazole rings is 1. The lowest BCUT2D eigenvalue weighted by molar-refractivity contribution is 0.171. The van der Waals surface area contributed by atoms with E-state index in [1.54, 1.807) is 13.4 Å². The van der Waals surface area contributed by atoms with Crippen LogP contribution in [0, 0.1) is 5.41 Å². The van der Waals surface area contributed by atoms with E-state index in [4.69, 9.17) is 0 Å². The van der Waals surface area contributed by atoms with Gasteiger partial charge in [0.05, 0.1) is 6.33 Å². The maximum Gasteiger partial charge on any atom is 0.226 e. The van der Waals surface area contributed by atoms with Crippen LogP contribution in [-0.4, -0.2) is 45.2 Å². The van der Waals surface area contributed by atoms with Gasteiger partial charge in [0.15, 0.2) is 11.5 Å². The van der Waals surface area contributed by atoms with Gasteiger partial charge < -0.3 is 20.7 Å². The number of fused-ring (bicyclic) bond motifs is 1. The Labute approximate surface area is 105 Å². The summed E-state index contributed by atoms with van der Waals surface area (Å²) in [4.78, 5) is 15.7. The molecular formula is C11H18N6O. The van der Waals surface area contributed by atoms with Gasteiger partial charge in [-0.25, -0.2) is 4.98 Å². The summed E-state index contributed by atoms with van der Waals surface area (Å²) < 4.78 is 0. The molecule has 18 heavy (non-hydrogen) atoms. The van der Waals surface area contributed by atoms with Gasteiger partial charge in [0.2, 0.25) is 5.95 Å². The second-order valence-corrected chi connectivity index (χ2v) is 4.92. The fraction of sp³-hybridized carbons (Fsp3) is 0.545. The van der Waals surface area contributed by atoms with E-state index in [1.807, 2.05) is 13.8 Å². The second-order valence-electron chi connectivity index (χ2n) is 4.92. The van der Waals surface area contributed by atoms with Crippen LogP contribution in [0.3, 0.4) is 0 Å². The summed E-state index contributed by atoms with van der Waals surface area (Å²) in [6.07, 6.45) is 1.58. The molecule has 0 radical (unpaired) electrons. The second kappa shape index (κ2) is 4.77. The van der Waals surface area contributed by atoms with Gasteiger partial charge in [0.1, 0.15) is 5.52 Å². The van der Waals surface area contributed by atoms with Gasteiger partial charge >= 0.3 is 0 Å². The smallest absolute Gasteiger partial charge is 0.226 e. The molecule has 0 fully saturated rings. The Balaban J connectivity index is 2.28. The molecule has 0 bridgehead atoms. The Bertz CT molecular complexity index is 535. The first-order valence-electron chi connectivity index (χ1n) is 5.79. The molecule has 0 aliphatic carbocycles. The summed E-state index contributed by atoms with van der Waals surface area (Å²) in [7, 11) is 1.76. The average molecular weight is 250 g/mol. The van der Waals surface area contributed by atoms with Crippen molar-refractivity contribution in [3.63, 3.8) is 0 Å². The van der Waals surface area contributed by atoms with Crippen molar-refractivity contribution < 1.29 is 5.11 Å². The minimum Gasteiger partial charge on any atom is -0.396 e. The molecule has 2 aromatic rings. The third-order valence-electron chi connectivity index (χ3n) is 2.67. The molecule has 0 amide bonds. The van der Waals surface area contributed by atoms with E-state index >= 15 is 0 Å². The van der Waals surface area contributed by atoms with E-state index in [2.05, 4.69) is 30.6 Å². The van der Waals surface area contributed by atoms with Crippen molar-refractivity contribution >= 4 is 22.9 Å². The molecule has 98 valence electrons. The zero-order valence-electron chi connectivity index (χ0n) is 10.8. The normalized spacial score (nSPS) is 11.8. The van der Waals surface area contributed by atoms with Gasteiger partial charge in [-0.15, -0.1) is 0 Å². The Morgan fingerprint density at radius 1 is 1.39 bits per heavy atom. The van der Waals surface area contributed by atoms with Crippen molar-refractivity contribution in [2.45, 2.75) is 13.8 Å². The number of nitrogens with one attached hydrogen (secondary N) is 3. The van der Waals surface area contributed by atoms with E-state index < -0.39 is 0 Å². The van der Waals surface area contributed by atoms with Gasteiger partial charge in [0, 0.05) is 25.6 Å². The molecule has 0 aliphatic rings. The topological polar surface area (TPSA) is 98.8 Å². The largest absolute Gasteiger partial charge is 0.396 e. The highest BCUT2D eigenvalue weighted by molar-refractivity contribution is 5.83. The molecule has 0 saturated carbocycles. The van der Waals surface area contributed by atoms with Crippen molar-refractivity contribution in [2.75, 3.05) is 30.8 Å². The summed E-state index contributed by atoms with van der Waals surface area (Å²) in [5, 5.41) is 15.4. The predicted octanol–water partition coefficient (Wildman–Crippen LogP) is 0.825. The summed E-state index contributed by atoms with van der Waals surface area (Å²) in [6, 6.07) is 0. The summed E-state index contributed by atoms with van der Waals surface area (Å²) in [5.41, 5.74) is 1.17.